The number of ether oxygens (including phenoxy) is 1. The SMILES string of the molecule is Cn1c(C(CC(=O)OC(C)(C)C)c2nc3ccccc3n2C)nc2ccccc21. The molecule has 0 saturated carbocycles. The van der Waals surface area contributed by atoms with Gasteiger partial charge < -0.3 is 13.9 Å². The van der Waals surface area contributed by atoms with Crippen LogP contribution < -0.4 is 0 Å². The van der Waals surface area contributed by atoms with Crippen LogP contribution in [-0.2, 0) is 23.6 Å². The molecule has 0 amide bonds. The van der Waals surface area contributed by atoms with E-state index in [-0.39, 0.29) is 18.3 Å². The molecule has 6 heteroatoms. The number of hydrogen-bond acceptors (Lipinski definition) is 4. The maximum Gasteiger partial charge on any atom is 0.307 e. The second-order valence-electron chi connectivity index (χ2n) is 8.38. The number of hydrogen-bond donors (Lipinski definition) is 0. The fourth-order valence-electron chi connectivity index (χ4n) is 3.80. The number of rotatable bonds is 4. The monoisotopic (exact) mass is 390 g/mol. The van der Waals surface area contributed by atoms with Gasteiger partial charge in [0.25, 0.3) is 0 Å². The van der Waals surface area contributed by atoms with E-state index in [4.69, 9.17) is 14.7 Å². The zero-order valence-electron chi connectivity index (χ0n) is 17.5. The van der Waals surface area contributed by atoms with E-state index in [1.165, 1.54) is 0 Å². The molecule has 2 aromatic carbocycles. The first-order valence-corrected chi connectivity index (χ1v) is 9.79. The van der Waals surface area contributed by atoms with E-state index >= 15 is 0 Å². The fourth-order valence-corrected chi connectivity index (χ4v) is 3.80. The van der Waals surface area contributed by atoms with Crippen LogP contribution >= 0.6 is 0 Å². The molecule has 4 aromatic rings. The van der Waals surface area contributed by atoms with Gasteiger partial charge in [0, 0.05) is 14.1 Å². The van der Waals surface area contributed by atoms with Gasteiger partial charge in [-0.2, -0.15) is 0 Å². The van der Waals surface area contributed by atoms with Gasteiger partial charge in [-0.05, 0) is 45.0 Å². The largest absolute Gasteiger partial charge is 0.460 e. The van der Waals surface area contributed by atoms with Gasteiger partial charge in [0.1, 0.15) is 17.2 Å². The summed E-state index contributed by atoms with van der Waals surface area (Å²) in [6, 6.07) is 16.0. The van der Waals surface area contributed by atoms with Crippen molar-refractivity contribution in [1.29, 1.82) is 0 Å². The molecule has 2 heterocycles. The van der Waals surface area contributed by atoms with E-state index in [0.29, 0.717) is 0 Å². The zero-order valence-corrected chi connectivity index (χ0v) is 17.5. The van der Waals surface area contributed by atoms with Crippen LogP contribution in [0.3, 0.4) is 0 Å². The number of imidazole rings is 2. The molecule has 0 bridgehead atoms. The van der Waals surface area contributed by atoms with Gasteiger partial charge in [0.05, 0.1) is 34.4 Å². The summed E-state index contributed by atoms with van der Waals surface area (Å²) in [5.74, 6) is 1.02. The Morgan fingerprint density at radius 1 is 0.897 bits per heavy atom. The Kier molecular flexibility index (Phi) is 4.65. The van der Waals surface area contributed by atoms with Crippen molar-refractivity contribution < 1.29 is 9.53 Å². The number of esters is 1. The predicted octanol–water partition coefficient (Wildman–Crippen LogP) is 4.32. The van der Waals surface area contributed by atoms with Crippen LogP contribution in [0.4, 0.5) is 0 Å². The number of aryl methyl sites for hydroxylation is 2. The molecule has 0 fully saturated rings. The summed E-state index contributed by atoms with van der Waals surface area (Å²) in [5, 5.41) is 0. The van der Waals surface area contributed by atoms with E-state index in [2.05, 4.69) is 0 Å². The van der Waals surface area contributed by atoms with Crippen molar-refractivity contribution in [2.45, 2.75) is 38.7 Å². The lowest BCUT2D eigenvalue weighted by atomic mass is 10.0. The Hall–Kier alpha value is -3.15. The van der Waals surface area contributed by atoms with Crippen LogP contribution in [0.25, 0.3) is 22.1 Å². The molecule has 0 aliphatic rings. The summed E-state index contributed by atoms with van der Waals surface area (Å²) in [6.45, 7) is 5.64. The molecular weight excluding hydrogens is 364 g/mol. The molecule has 0 unspecified atom stereocenters. The molecule has 150 valence electrons. The lowest BCUT2D eigenvalue weighted by molar-refractivity contribution is -0.155. The minimum Gasteiger partial charge on any atom is -0.460 e. The fraction of sp³-hybridized carbons (Fsp3) is 0.348. The molecule has 29 heavy (non-hydrogen) atoms. The van der Waals surface area contributed by atoms with E-state index in [0.717, 1.165) is 33.7 Å². The first-order valence-electron chi connectivity index (χ1n) is 9.79. The Morgan fingerprint density at radius 2 is 1.34 bits per heavy atom. The normalized spacial score (nSPS) is 12.2. The number of carbonyl (C=O) groups excluding carboxylic acids is 1. The third kappa shape index (κ3) is 3.62. The lowest BCUT2D eigenvalue weighted by Crippen LogP contribution is -2.26. The molecule has 0 atom stereocenters. The number of para-hydroxylation sites is 4. The van der Waals surface area contributed by atoms with Crippen LogP contribution in [0.15, 0.2) is 48.5 Å². The number of carbonyl (C=O) groups is 1. The first-order chi connectivity index (χ1) is 13.7. The Balaban J connectivity index is 1.85. The van der Waals surface area contributed by atoms with Gasteiger partial charge in [-0.3, -0.25) is 4.79 Å². The number of benzene rings is 2. The molecule has 2 aromatic heterocycles. The molecule has 0 aliphatic heterocycles. The molecule has 0 saturated heterocycles. The summed E-state index contributed by atoms with van der Waals surface area (Å²) in [6.07, 6.45) is 0.172. The third-order valence-electron chi connectivity index (χ3n) is 5.06. The lowest BCUT2D eigenvalue weighted by Gasteiger charge is -2.22. The smallest absolute Gasteiger partial charge is 0.307 e. The van der Waals surface area contributed by atoms with Gasteiger partial charge >= 0.3 is 5.97 Å². The summed E-state index contributed by atoms with van der Waals surface area (Å²) in [4.78, 5) is 22.5. The topological polar surface area (TPSA) is 61.9 Å². The van der Waals surface area contributed by atoms with Gasteiger partial charge in [-0.25, -0.2) is 9.97 Å². The average Bonchev–Trinajstić information content (AvgIpc) is 3.17. The minimum atomic E-state index is -0.541. The van der Waals surface area contributed by atoms with Crippen molar-refractivity contribution in [2.75, 3.05) is 0 Å². The molecule has 6 nitrogen and oxygen atoms in total. The van der Waals surface area contributed by atoms with Gasteiger partial charge in [-0.15, -0.1) is 0 Å². The van der Waals surface area contributed by atoms with Crippen LogP contribution in [0.1, 0.15) is 44.8 Å². The molecule has 4 rings (SSSR count). The van der Waals surface area contributed by atoms with E-state index in [1.807, 2.05) is 92.5 Å². The highest BCUT2D eigenvalue weighted by molar-refractivity contribution is 5.79. The average molecular weight is 390 g/mol. The molecular formula is C23H26N4O2. The standard InChI is InChI=1S/C23H26N4O2/c1-23(2,3)29-20(28)14-15(21-24-16-10-6-8-12-18(16)26(21)4)22-25-17-11-7-9-13-19(17)27(22)5/h6-13,15H,14H2,1-5H3. The first kappa shape index (κ1) is 19.2. The quantitative estimate of drug-likeness (QED) is 0.487. The summed E-state index contributed by atoms with van der Waals surface area (Å²) in [7, 11) is 3.96. The summed E-state index contributed by atoms with van der Waals surface area (Å²) in [5.41, 5.74) is 3.31. The van der Waals surface area contributed by atoms with Crippen molar-refractivity contribution in [2.24, 2.45) is 14.1 Å². The van der Waals surface area contributed by atoms with Crippen LogP contribution in [-0.4, -0.2) is 30.7 Å². The maximum absolute atomic E-state index is 12.8. The highest BCUT2D eigenvalue weighted by Crippen LogP contribution is 2.32. The zero-order chi connectivity index (χ0) is 20.8. The summed E-state index contributed by atoms with van der Waals surface area (Å²) < 4.78 is 9.72. The molecule has 0 N–H and O–H groups in total. The maximum atomic E-state index is 12.8. The minimum absolute atomic E-state index is 0.172. The van der Waals surface area contributed by atoms with Gasteiger partial charge in [0.2, 0.25) is 0 Å². The van der Waals surface area contributed by atoms with Crippen molar-refractivity contribution >= 4 is 28.0 Å². The number of fused-ring (bicyclic) bond motifs is 2. The van der Waals surface area contributed by atoms with Crippen LogP contribution in [0.2, 0.25) is 0 Å². The second-order valence-corrected chi connectivity index (χ2v) is 8.38. The van der Waals surface area contributed by atoms with E-state index in [9.17, 15) is 4.79 Å². The number of aromatic nitrogens is 4. The Bertz CT molecular complexity index is 1120. The Morgan fingerprint density at radius 3 is 1.76 bits per heavy atom. The second kappa shape index (κ2) is 7.03. The highest BCUT2D eigenvalue weighted by Gasteiger charge is 2.30. The van der Waals surface area contributed by atoms with Crippen LogP contribution in [0.5, 0.6) is 0 Å². The van der Waals surface area contributed by atoms with Gasteiger partial charge in [-0.1, -0.05) is 24.3 Å². The third-order valence-corrected chi connectivity index (χ3v) is 5.06. The van der Waals surface area contributed by atoms with Crippen molar-refractivity contribution in [3.63, 3.8) is 0 Å². The van der Waals surface area contributed by atoms with E-state index < -0.39 is 5.60 Å². The van der Waals surface area contributed by atoms with Crippen molar-refractivity contribution in [3.05, 3.63) is 60.2 Å². The van der Waals surface area contributed by atoms with Crippen molar-refractivity contribution in [3.8, 4) is 0 Å². The molecule has 0 radical (unpaired) electrons. The van der Waals surface area contributed by atoms with E-state index in [1.54, 1.807) is 0 Å². The number of nitrogens with zero attached hydrogens (tertiary/aromatic N) is 4. The highest BCUT2D eigenvalue weighted by atomic mass is 16.6. The molecule has 0 aliphatic carbocycles. The van der Waals surface area contributed by atoms with Crippen LogP contribution in [0, 0.1) is 0 Å². The van der Waals surface area contributed by atoms with Crippen molar-refractivity contribution in [1.82, 2.24) is 19.1 Å². The predicted molar refractivity (Wildman–Crippen MR) is 114 cm³/mol. The Labute approximate surface area is 170 Å². The summed E-state index contributed by atoms with van der Waals surface area (Å²) >= 11 is 0. The molecule has 0 spiro atoms. The van der Waals surface area contributed by atoms with Gasteiger partial charge in [0.15, 0.2) is 0 Å².